The summed E-state index contributed by atoms with van der Waals surface area (Å²) in [5.74, 6) is 0.646. The van der Waals surface area contributed by atoms with E-state index in [1.165, 1.54) is 0 Å². The SMILES string of the molecule is C[n+]1ccc(-c2ccnc(-c3cc[n+](C)cc3O)n2)c(O)c1. The fourth-order valence-corrected chi connectivity index (χ4v) is 2.21. The minimum atomic E-state index is 0.103. The van der Waals surface area contributed by atoms with E-state index in [-0.39, 0.29) is 11.5 Å². The van der Waals surface area contributed by atoms with Gasteiger partial charge in [0, 0.05) is 18.3 Å². The van der Waals surface area contributed by atoms with Crippen LogP contribution in [0.25, 0.3) is 22.6 Å². The highest BCUT2D eigenvalue weighted by Crippen LogP contribution is 2.29. The molecule has 2 N–H and O–H groups in total. The van der Waals surface area contributed by atoms with Crippen molar-refractivity contribution >= 4 is 0 Å². The van der Waals surface area contributed by atoms with Gasteiger partial charge in [-0.25, -0.2) is 19.1 Å². The molecule has 0 amide bonds. The van der Waals surface area contributed by atoms with Crippen LogP contribution in [0, 0.1) is 0 Å². The van der Waals surface area contributed by atoms with E-state index in [2.05, 4.69) is 9.97 Å². The summed E-state index contributed by atoms with van der Waals surface area (Å²) >= 11 is 0. The minimum absolute atomic E-state index is 0.103. The van der Waals surface area contributed by atoms with Gasteiger partial charge in [0.25, 0.3) is 0 Å². The molecular weight excluding hydrogens is 280 g/mol. The minimum Gasteiger partial charge on any atom is -0.502 e. The Morgan fingerprint density at radius 2 is 1.45 bits per heavy atom. The van der Waals surface area contributed by atoms with E-state index in [0.29, 0.717) is 22.6 Å². The number of hydrogen-bond donors (Lipinski definition) is 2. The highest BCUT2D eigenvalue weighted by Gasteiger charge is 2.14. The molecule has 0 aliphatic heterocycles. The summed E-state index contributed by atoms with van der Waals surface area (Å²) in [7, 11) is 3.65. The van der Waals surface area contributed by atoms with Gasteiger partial charge in [-0.15, -0.1) is 0 Å². The van der Waals surface area contributed by atoms with Crippen molar-refractivity contribution in [3.8, 4) is 34.1 Å². The molecule has 0 bridgehead atoms. The Labute approximate surface area is 127 Å². The van der Waals surface area contributed by atoms with Gasteiger partial charge in [0.1, 0.15) is 14.1 Å². The lowest BCUT2D eigenvalue weighted by molar-refractivity contribution is -0.671. The monoisotopic (exact) mass is 296 g/mol. The number of pyridine rings is 2. The smallest absolute Gasteiger partial charge is 0.211 e. The molecule has 0 unspecified atom stereocenters. The Kier molecular flexibility index (Phi) is 3.42. The Morgan fingerprint density at radius 3 is 2.05 bits per heavy atom. The highest BCUT2D eigenvalue weighted by atomic mass is 16.3. The summed E-state index contributed by atoms with van der Waals surface area (Å²) in [5.41, 5.74) is 1.75. The summed E-state index contributed by atoms with van der Waals surface area (Å²) in [6, 6.07) is 5.25. The van der Waals surface area contributed by atoms with Crippen molar-refractivity contribution in [2.45, 2.75) is 0 Å². The van der Waals surface area contributed by atoms with Crippen molar-refractivity contribution in [1.29, 1.82) is 0 Å². The third-order valence-corrected chi connectivity index (χ3v) is 3.33. The van der Waals surface area contributed by atoms with Crippen LogP contribution in [0.3, 0.4) is 0 Å². The van der Waals surface area contributed by atoms with Crippen molar-refractivity contribution in [3.63, 3.8) is 0 Å². The number of aromatic nitrogens is 4. The number of rotatable bonds is 2. The second-order valence-corrected chi connectivity index (χ2v) is 5.08. The van der Waals surface area contributed by atoms with Crippen molar-refractivity contribution in [2.24, 2.45) is 14.1 Å². The fourth-order valence-electron chi connectivity index (χ4n) is 2.21. The molecule has 0 saturated heterocycles. The Hall–Kier alpha value is -3.02. The first kappa shape index (κ1) is 13.9. The van der Waals surface area contributed by atoms with E-state index in [4.69, 9.17) is 0 Å². The van der Waals surface area contributed by atoms with Crippen molar-refractivity contribution in [1.82, 2.24) is 9.97 Å². The van der Waals surface area contributed by atoms with Crippen LogP contribution >= 0.6 is 0 Å². The van der Waals surface area contributed by atoms with Gasteiger partial charge in [-0.05, 0) is 6.07 Å². The molecule has 6 heteroatoms. The number of aromatic hydroxyl groups is 2. The van der Waals surface area contributed by atoms with E-state index < -0.39 is 0 Å². The second-order valence-electron chi connectivity index (χ2n) is 5.08. The van der Waals surface area contributed by atoms with E-state index >= 15 is 0 Å². The molecule has 110 valence electrons. The molecule has 0 atom stereocenters. The van der Waals surface area contributed by atoms with Crippen LogP contribution in [0.1, 0.15) is 0 Å². The average molecular weight is 296 g/mol. The normalized spacial score (nSPS) is 10.6. The fraction of sp³-hybridized carbons (Fsp3) is 0.125. The largest absolute Gasteiger partial charge is 0.502 e. The van der Waals surface area contributed by atoms with Crippen molar-refractivity contribution in [2.75, 3.05) is 0 Å². The number of hydrogen-bond acceptors (Lipinski definition) is 4. The van der Waals surface area contributed by atoms with Gasteiger partial charge in [-0.2, -0.15) is 0 Å². The molecule has 0 fully saturated rings. The predicted molar refractivity (Wildman–Crippen MR) is 78.6 cm³/mol. The molecule has 3 aromatic heterocycles. The highest BCUT2D eigenvalue weighted by molar-refractivity contribution is 5.69. The lowest BCUT2D eigenvalue weighted by Gasteiger charge is -2.05. The molecule has 22 heavy (non-hydrogen) atoms. The van der Waals surface area contributed by atoms with Crippen LogP contribution in [-0.2, 0) is 14.1 Å². The summed E-state index contributed by atoms with van der Waals surface area (Å²) in [5, 5.41) is 20.1. The van der Waals surface area contributed by atoms with Crippen LogP contribution in [0.15, 0.2) is 49.2 Å². The lowest BCUT2D eigenvalue weighted by Crippen LogP contribution is -2.26. The second kappa shape index (κ2) is 5.40. The molecule has 6 nitrogen and oxygen atoms in total. The third-order valence-electron chi connectivity index (χ3n) is 3.33. The zero-order chi connectivity index (χ0) is 15.7. The molecular formula is C16H16N4O2+2. The Bertz CT molecular complexity index is 783. The maximum Gasteiger partial charge on any atom is 0.211 e. The van der Waals surface area contributed by atoms with E-state index in [9.17, 15) is 10.2 Å². The Morgan fingerprint density at radius 1 is 0.864 bits per heavy atom. The van der Waals surface area contributed by atoms with Crippen LogP contribution in [0.4, 0.5) is 0 Å². The molecule has 0 aliphatic carbocycles. The van der Waals surface area contributed by atoms with Gasteiger partial charge in [-0.1, -0.05) is 0 Å². The van der Waals surface area contributed by atoms with Gasteiger partial charge in [-0.3, -0.25) is 0 Å². The van der Waals surface area contributed by atoms with Crippen LogP contribution in [0.5, 0.6) is 11.5 Å². The average Bonchev–Trinajstić information content (AvgIpc) is 2.47. The lowest BCUT2D eigenvalue weighted by atomic mass is 10.1. The van der Waals surface area contributed by atoms with Gasteiger partial charge >= 0.3 is 0 Å². The zero-order valence-corrected chi connectivity index (χ0v) is 12.3. The van der Waals surface area contributed by atoms with Crippen LogP contribution in [-0.4, -0.2) is 20.2 Å². The number of aryl methyl sites for hydroxylation is 2. The maximum absolute atomic E-state index is 10.1. The Balaban J connectivity index is 2.10. The molecule has 0 aromatic carbocycles. The first-order valence-electron chi connectivity index (χ1n) is 6.75. The molecule has 3 aromatic rings. The van der Waals surface area contributed by atoms with Crippen LogP contribution < -0.4 is 9.13 Å². The summed E-state index contributed by atoms with van der Waals surface area (Å²) in [4.78, 5) is 8.65. The first-order valence-corrected chi connectivity index (χ1v) is 6.75. The number of nitrogens with zero attached hydrogens (tertiary/aromatic N) is 4. The van der Waals surface area contributed by atoms with Gasteiger partial charge in [0.15, 0.2) is 29.7 Å². The molecule has 0 radical (unpaired) electrons. The third kappa shape index (κ3) is 2.58. The maximum atomic E-state index is 10.1. The van der Waals surface area contributed by atoms with Gasteiger partial charge in [0.2, 0.25) is 12.4 Å². The molecule has 3 heterocycles. The van der Waals surface area contributed by atoms with Gasteiger partial charge in [0.05, 0.1) is 16.8 Å². The van der Waals surface area contributed by atoms with Crippen LogP contribution in [0.2, 0.25) is 0 Å². The molecule has 0 spiro atoms. The summed E-state index contributed by atoms with van der Waals surface area (Å²) < 4.78 is 3.50. The molecule has 0 saturated carbocycles. The van der Waals surface area contributed by atoms with E-state index in [1.807, 2.05) is 26.5 Å². The predicted octanol–water partition coefficient (Wildman–Crippen LogP) is 0.871. The van der Waals surface area contributed by atoms with Crippen molar-refractivity contribution in [3.05, 3.63) is 49.2 Å². The topological polar surface area (TPSA) is 74.0 Å². The first-order chi connectivity index (χ1) is 10.5. The summed E-state index contributed by atoms with van der Waals surface area (Å²) in [6.07, 6.45) is 8.45. The standard InChI is InChI=1S/C16H14N4O2/c1-19-7-4-11(14(21)9-19)13-3-6-17-16(18-13)12-5-8-20(2)10-15(12)22/h3-10H,1-2H3/p+2. The van der Waals surface area contributed by atoms with Gasteiger partial charge < -0.3 is 10.2 Å². The molecule has 0 aliphatic rings. The quantitative estimate of drug-likeness (QED) is 0.688. The van der Waals surface area contributed by atoms with E-state index in [0.717, 1.165) is 0 Å². The molecule has 3 rings (SSSR count). The summed E-state index contributed by atoms with van der Waals surface area (Å²) in [6.45, 7) is 0. The van der Waals surface area contributed by atoms with Crippen molar-refractivity contribution < 1.29 is 19.3 Å². The van der Waals surface area contributed by atoms with E-state index in [1.54, 1.807) is 45.9 Å². The zero-order valence-electron chi connectivity index (χ0n) is 12.3.